The number of hydrogen-bond donors (Lipinski definition) is 1. The molecule has 1 amide bonds. The van der Waals surface area contributed by atoms with Crippen LogP contribution in [0, 0.1) is 5.82 Å². The average molecular weight is 377 g/mol. The van der Waals surface area contributed by atoms with Gasteiger partial charge in [0, 0.05) is 31.7 Å². The van der Waals surface area contributed by atoms with Crippen LogP contribution < -0.4 is 5.32 Å². The minimum Gasteiger partial charge on any atom is -0.319 e. The first-order valence-corrected chi connectivity index (χ1v) is 9.66. The van der Waals surface area contributed by atoms with Gasteiger partial charge < -0.3 is 10.2 Å². The van der Waals surface area contributed by atoms with E-state index in [0.29, 0.717) is 26.2 Å². The number of nitrogens with one attached hydrogen (secondary N) is 1. The molecule has 0 unspecified atom stereocenters. The van der Waals surface area contributed by atoms with Crippen LogP contribution in [0.3, 0.4) is 0 Å². The first-order valence-electron chi connectivity index (χ1n) is 8.22. The molecule has 0 aromatic heterocycles. The summed E-state index contributed by atoms with van der Waals surface area (Å²) in [7, 11) is -1.73. The van der Waals surface area contributed by atoms with Gasteiger partial charge in [0.25, 0.3) is 5.91 Å². The molecule has 6 nitrogen and oxygen atoms in total. The predicted octanol–water partition coefficient (Wildman–Crippen LogP) is 2.01. The van der Waals surface area contributed by atoms with Gasteiger partial charge in [-0.05, 0) is 37.4 Å². The van der Waals surface area contributed by atoms with E-state index in [0.717, 1.165) is 0 Å². The Hall–Kier alpha value is -2.29. The van der Waals surface area contributed by atoms with E-state index in [4.69, 9.17) is 0 Å². The first kappa shape index (κ1) is 18.5. The topological polar surface area (TPSA) is 69.7 Å². The third kappa shape index (κ3) is 3.92. The zero-order valence-corrected chi connectivity index (χ0v) is 15.2. The van der Waals surface area contributed by atoms with Gasteiger partial charge in [-0.3, -0.25) is 4.79 Å². The predicted molar refractivity (Wildman–Crippen MR) is 97.1 cm³/mol. The van der Waals surface area contributed by atoms with Gasteiger partial charge in [-0.25, -0.2) is 12.8 Å². The summed E-state index contributed by atoms with van der Waals surface area (Å²) in [6.07, 6.45) is 0. The summed E-state index contributed by atoms with van der Waals surface area (Å²) >= 11 is 0. The van der Waals surface area contributed by atoms with Crippen molar-refractivity contribution in [2.45, 2.75) is 4.90 Å². The van der Waals surface area contributed by atoms with Gasteiger partial charge in [0.2, 0.25) is 10.0 Å². The van der Waals surface area contributed by atoms with Crippen molar-refractivity contribution >= 4 is 21.6 Å². The highest BCUT2D eigenvalue weighted by atomic mass is 32.2. The molecule has 0 aliphatic carbocycles. The fraction of sp³-hybridized carbons (Fsp3) is 0.278. The van der Waals surface area contributed by atoms with Crippen LogP contribution in [-0.2, 0) is 10.0 Å². The average Bonchev–Trinajstić information content (AvgIpc) is 2.64. The van der Waals surface area contributed by atoms with Crippen LogP contribution in [0.5, 0.6) is 0 Å². The largest absolute Gasteiger partial charge is 0.319 e. The van der Waals surface area contributed by atoms with Crippen molar-refractivity contribution in [1.82, 2.24) is 9.21 Å². The number of amides is 1. The zero-order chi connectivity index (χ0) is 18.7. The summed E-state index contributed by atoms with van der Waals surface area (Å²) in [4.78, 5) is 14.5. The van der Waals surface area contributed by atoms with Crippen molar-refractivity contribution in [2.75, 3.05) is 38.5 Å². The molecule has 26 heavy (non-hydrogen) atoms. The Balaban J connectivity index is 1.81. The summed E-state index contributed by atoms with van der Waals surface area (Å²) in [5.74, 6) is -1.12. The van der Waals surface area contributed by atoms with Crippen LogP contribution in [0.15, 0.2) is 53.4 Å². The number of benzene rings is 2. The summed E-state index contributed by atoms with van der Waals surface area (Å²) in [5.41, 5.74) is 0.202. The summed E-state index contributed by atoms with van der Waals surface area (Å²) in [6.45, 7) is 2.13. The maximum atomic E-state index is 13.7. The van der Waals surface area contributed by atoms with E-state index in [1.807, 2.05) is 7.05 Å². The SMILES string of the molecule is CN1CCN(S(=O)(=O)c2cccc(C(=O)Nc3ccccc3F)c2)CC1. The lowest BCUT2D eigenvalue weighted by Crippen LogP contribution is -2.47. The molecule has 3 rings (SSSR count). The zero-order valence-electron chi connectivity index (χ0n) is 14.4. The van der Waals surface area contributed by atoms with Gasteiger partial charge in [-0.2, -0.15) is 4.31 Å². The van der Waals surface area contributed by atoms with Gasteiger partial charge >= 0.3 is 0 Å². The number of halogens is 1. The molecule has 138 valence electrons. The van der Waals surface area contributed by atoms with Crippen molar-refractivity contribution in [3.63, 3.8) is 0 Å². The fourth-order valence-corrected chi connectivity index (χ4v) is 4.20. The Bertz CT molecular complexity index is 909. The van der Waals surface area contributed by atoms with E-state index in [-0.39, 0.29) is 16.1 Å². The van der Waals surface area contributed by atoms with E-state index < -0.39 is 21.7 Å². The number of likely N-dealkylation sites (N-methyl/N-ethyl adjacent to an activating group) is 1. The number of para-hydroxylation sites is 1. The lowest BCUT2D eigenvalue weighted by molar-refractivity contribution is 0.102. The molecule has 1 N–H and O–H groups in total. The molecular weight excluding hydrogens is 357 g/mol. The molecule has 1 heterocycles. The first-order chi connectivity index (χ1) is 12.4. The highest BCUT2D eigenvalue weighted by Gasteiger charge is 2.28. The summed E-state index contributed by atoms with van der Waals surface area (Å²) in [5, 5.41) is 2.46. The van der Waals surface area contributed by atoms with E-state index in [2.05, 4.69) is 10.2 Å². The number of carbonyl (C=O) groups is 1. The highest BCUT2D eigenvalue weighted by Crippen LogP contribution is 2.20. The Morgan fingerprint density at radius 2 is 1.73 bits per heavy atom. The number of hydrogen-bond acceptors (Lipinski definition) is 4. The molecule has 0 bridgehead atoms. The molecule has 1 saturated heterocycles. The van der Waals surface area contributed by atoms with Crippen LogP contribution in [0.1, 0.15) is 10.4 Å². The maximum Gasteiger partial charge on any atom is 0.255 e. The molecular formula is C18H20FN3O3S. The Morgan fingerprint density at radius 3 is 2.42 bits per heavy atom. The van der Waals surface area contributed by atoms with Crippen LogP contribution >= 0.6 is 0 Å². The number of carbonyl (C=O) groups excluding carboxylic acids is 1. The molecule has 1 aliphatic heterocycles. The van der Waals surface area contributed by atoms with Crippen molar-refractivity contribution in [1.29, 1.82) is 0 Å². The molecule has 0 radical (unpaired) electrons. The maximum absolute atomic E-state index is 13.7. The summed E-state index contributed by atoms with van der Waals surface area (Å²) < 4.78 is 40.7. The minimum atomic E-state index is -3.67. The normalized spacial score (nSPS) is 16.4. The number of rotatable bonds is 4. The van der Waals surface area contributed by atoms with E-state index in [1.165, 1.54) is 46.8 Å². The quantitative estimate of drug-likeness (QED) is 0.885. The van der Waals surface area contributed by atoms with E-state index >= 15 is 0 Å². The van der Waals surface area contributed by atoms with Gasteiger partial charge in [-0.1, -0.05) is 18.2 Å². The third-order valence-electron chi connectivity index (χ3n) is 4.32. The number of anilines is 1. The molecule has 2 aromatic rings. The Kier molecular flexibility index (Phi) is 5.36. The Morgan fingerprint density at radius 1 is 1.04 bits per heavy atom. The number of nitrogens with zero attached hydrogens (tertiary/aromatic N) is 2. The van der Waals surface area contributed by atoms with Crippen molar-refractivity contribution in [3.8, 4) is 0 Å². The molecule has 2 aromatic carbocycles. The monoisotopic (exact) mass is 377 g/mol. The molecule has 1 aliphatic rings. The fourth-order valence-electron chi connectivity index (χ4n) is 2.73. The minimum absolute atomic E-state index is 0.0461. The van der Waals surface area contributed by atoms with Crippen LogP contribution in [-0.4, -0.2) is 56.8 Å². The summed E-state index contributed by atoms with van der Waals surface area (Å²) in [6, 6.07) is 11.6. The van der Waals surface area contributed by atoms with E-state index in [1.54, 1.807) is 6.07 Å². The van der Waals surface area contributed by atoms with Crippen LogP contribution in [0.4, 0.5) is 10.1 Å². The highest BCUT2D eigenvalue weighted by molar-refractivity contribution is 7.89. The lowest BCUT2D eigenvalue weighted by Gasteiger charge is -2.31. The Labute approximate surface area is 152 Å². The van der Waals surface area contributed by atoms with E-state index in [9.17, 15) is 17.6 Å². The molecule has 8 heteroatoms. The second-order valence-corrected chi connectivity index (χ2v) is 8.11. The number of piperazine rings is 1. The van der Waals surface area contributed by atoms with Crippen molar-refractivity contribution in [3.05, 3.63) is 59.9 Å². The second kappa shape index (κ2) is 7.53. The van der Waals surface area contributed by atoms with Gasteiger partial charge in [-0.15, -0.1) is 0 Å². The third-order valence-corrected chi connectivity index (χ3v) is 6.21. The molecule has 0 saturated carbocycles. The van der Waals surface area contributed by atoms with Gasteiger partial charge in [0.1, 0.15) is 5.82 Å². The molecule has 1 fully saturated rings. The van der Waals surface area contributed by atoms with Gasteiger partial charge in [0.15, 0.2) is 0 Å². The molecule has 0 spiro atoms. The van der Waals surface area contributed by atoms with Crippen molar-refractivity contribution in [2.24, 2.45) is 0 Å². The standard InChI is InChI=1S/C18H20FN3O3S/c1-21-9-11-22(12-10-21)26(24,25)15-6-4-5-14(13-15)18(23)20-17-8-3-2-7-16(17)19/h2-8,13H,9-12H2,1H3,(H,20,23). The number of sulfonamides is 1. The second-order valence-electron chi connectivity index (χ2n) is 6.17. The molecule has 0 atom stereocenters. The van der Waals surface area contributed by atoms with Crippen LogP contribution in [0.2, 0.25) is 0 Å². The smallest absolute Gasteiger partial charge is 0.255 e. The van der Waals surface area contributed by atoms with Crippen molar-refractivity contribution < 1.29 is 17.6 Å². The van der Waals surface area contributed by atoms with Crippen LogP contribution in [0.25, 0.3) is 0 Å². The lowest BCUT2D eigenvalue weighted by atomic mass is 10.2. The van der Waals surface area contributed by atoms with Gasteiger partial charge in [0.05, 0.1) is 10.6 Å².